The van der Waals surface area contributed by atoms with E-state index in [0.717, 1.165) is 4.90 Å². The Bertz CT molecular complexity index is 447. The van der Waals surface area contributed by atoms with Gasteiger partial charge in [0.25, 0.3) is 0 Å². The molecule has 0 aliphatic rings. The molecule has 1 aromatic heterocycles. The zero-order chi connectivity index (χ0) is 14.4. The predicted molar refractivity (Wildman–Crippen MR) is 65.3 cm³/mol. The van der Waals surface area contributed by atoms with Gasteiger partial charge in [0.05, 0.1) is 6.10 Å². The summed E-state index contributed by atoms with van der Waals surface area (Å²) in [6.45, 7) is 2.62. The highest BCUT2D eigenvalue weighted by molar-refractivity contribution is 5.78. The summed E-state index contributed by atoms with van der Waals surface area (Å²) in [7, 11) is 0. The molecular weight excluding hydrogens is 254 g/mol. The van der Waals surface area contributed by atoms with Crippen LogP contribution in [0, 0.1) is 0 Å². The normalized spacial score (nSPS) is 10.3. The minimum Gasteiger partial charge on any atom is -0.480 e. The number of carboxylic acid groups (broad SMARTS) is 2. The summed E-state index contributed by atoms with van der Waals surface area (Å²) in [6, 6.07) is 1.52. The van der Waals surface area contributed by atoms with Gasteiger partial charge in [-0.15, -0.1) is 0 Å². The lowest BCUT2D eigenvalue weighted by Gasteiger charge is -2.18. The number of hydrogen-bond donors (Lipinski definition) is 2. The Morgan fingerprint density at radius 2 is 1.89 bits per heavy atom. The molecule has 0 fully saturated rings. The molecule has 0 amide bonds. The Morgan fingerprint density at radius 1 is 1.32 bits per heavy atom. The summed E-state index contributed by atoms with van der Waals surface area (Å²) in [5.41, 5.74) is 0. The van der Waals surface area contributed by atoms with Crippen molar-refractivity contribution in [3.63, 3.8) is 0 Å². The standard InChI is InChI=1S/C11H15N3O5/c1-7(2)19-8-3-4-12-11(13-8)14(5-9(15)16)6-10(17)18/h3-4,7H,5-6H2,1-2H3,(H,15,16)(H,17,18). The SMILES string of the molecule is CC(C)Oc1ccnc(N(CC(=O)O)CC(=O)O)n1. The molecule has 0 aromatic carbocycles. The number of hydrogen-bond acceptors (Lipinski definition) is 6. The first-order valence-corrected chi connectivity index (χ1v) is 5.56. The maximum Gasteiger partial charge on any atom is 0.323 e. The van der Waals surface area contributed by atoms with E-state index in [1.54, 1.807) is 0 Å². The van der Waals surface area contributed by atoms with Gasteiger partial charge in [0, 0.05) is 12.3 Å². The van der Waals surface area contributed by atoms with Gasteiger partial charge in [0.1, 0.15) is 13.1 Å². The molecule has 19 heavy (non-hydrogen) atoms. The van der Waals surface area contributed by atoms with Crippen molar-refractivity contribution in [3.8, 4) is 5.88 Å². The van der Waals surface area contributed by atoms with Crippen molar-refractivity contribution < 1.29 is 24.5 Å². The first-order valence-electron chi connectivity index (χ1n) is 5.56. The van der Waals surface area contributed by atoms with Gasteiger partial charge in [-0.25, -0.2) is 4.98 Å². The molecule has 8 nitrogen and oxygen atoms in total. The van der Waals surface area contributed by atoms with Crippen LogP contribution >= 0.6 is 0 Å². The number of aliphatic carboxylic acids is 2. The zero-order valence-electron chi connectivity index (χ0n) is 10.6. The number of rotatable bonds is 7. The maximum atomic E-state index is 10.7. The molecule has 1 aromatic rings. The number of ether oxygens (including phenoxy) is 1. The first kappa shape index (κ1) is 14.7. The largest absolute Gasteiger partial charge is 0.480 e. The molecule has 0 unspecified atom stereocenters. The first-order chi connectivity index (χ1) is 8.88. The molecular formula is C11H15N3O5. The average molecular weight is 269 g/mol. The van der Waals surface area contributed by atoms with E-state index in [9.17, 15) is 9.59 Å². The van der Waals surface area contributed by atoms with E-state index in [2.05, 4.69) is 9.97 Å². The Labute approximate surface area is 109 Å². The summed E-state index contributed by atoms with van der Waals surface area (Å²) in [4.78, 5) is 30.3. The topological polar surface area (TPSA) is 113 Å². The molecule has 0 aliphatic carbocycles. The third-order valence-electron chi connectivity index (χ3n) is 1.91. The molecule has 0 bridgehead atoms. The van der Waals surface area contributed by atoms with Gasteiger partial charge < -0.3 is 19.8 Å². The lowest BCUT2D eigenvalue weighted by atomic mass is 10.4. The van der Waals surface area contributed by atoms with E-state index in [-0.39, 0.29) is 17.9 Å². The minimum atomic E-state index is -1.17. The Kier molecular flexibility index (Phi) is 5.04. The van der Waals surface area contributed by atoms with E-state index in [0.29, 0.717) is 0 Å². The van der Waals surface area contributed by atoms with Crippen molar-refractivity contribution in [1.82, 2.24) is 9.97 Å². The van der Waals surface area contributed by atoms with Gasteiger partial charge >= 0.3 is 11.9 Å². The second-order valence-corrected chi connectivity index (χ2v) is 4.01. The number of anilines is 1. The lowest BCUT2D eigenvalue weighted by Crippen LogP contribution is -2.35. The summed E-state index contributed by atoms with van der Waals surface area (Å²) in [5.74, 6) is -2.07. The molecule has 104 valence electrons. The second kappa shape index (κ2) is 6.53. The van der Waals surface area contributed by atoms with Crippen LogP contribution < -0.4 is 9.64 Å². The summed E-state index contributed by atoms with van der Waals surface area (Å²) < 4.78 is 5.34. The smallest absolute Gasteiger partial charge is 0.323 e. The van der Waals surface area contributed by atoms with E-state index in [4.69, 9.17) is 14.9 Å². The van der Waals surface area contributed by atoms with Gasteiger partial charge in [-0.3, -0.25) is 9.59 Å². The highest BCUT2D eigenvalue weighted by Crippen LogP contribution is 2.13. The van der Waals surface area contributed by atoms with Gasteiger partial charge in [-0.1, -0.05) is 0 Å². The molecule has 2 N–H and O–H groups in total. The van der Waals surface area contributed by atoms with Gasteiger partial charge in [-0.05, 0) is 13.8 Å². The molecule has 0 aliphatic heterocycles. The average Bonchev–Trinajstić information content (AvgIpc) is 2.26. The van der Waals surface area contributed by atoms with Crippen LogP contribution in [-0.4, -0.2) is 51.3 Å². The quantitative estimate of drug-likeness (QED) is 0.723. The van der Waals surface area contributed by atoms with Crippen LogP contribution in [0.1, 0.15) is 13.8 Å². The summed E-state index contributed by atoms with van der Waals surface area (Å²) >= 11 is 0. The molecule has 1 rings (SSSR count). The van der Waals surface area contributed by atoms with Crippen LogP contribution in [0.4, 0.5) is 5.95 Å². The number of aromatic nitrogens is 2. The maximum absolute atomic E-state index is 10.7. The van der Waals surface area contributed by atoms with Gasteiger partial charge in [0.15, 0.2) is 0 Å². The second-order valence-electron chi connectivity index (χ2n) is 4.01. The monoisotopic (exact) mass is 269 g/mol. The molecule has 0 spiro atoms. The van der Waals surface area contributed by atoms with E-state index in [1.807, 2.05) is 13.8 Å². The van der Waals surface area contributed by atoms with Gasteiger partial charge in [-0.2, -0.15) is 4.98 Å². The predicted octanol–water partition coefficient (Wildman–Crippen LogP) is 0.239. The van der Waals surface area contributed by atoms with Crippen LogP contribution in [0.3, 0.4) is 0 Å². The van der Waals surface area contributed by atoms with Gasteiger partial charge in [0.2, 0.25) is 11.8 Å². The Morgan fingerprint density at radius 3 is 2.37 bits per heavy atom. The Hall–Kier alpha value is -2.38. The van der Waals surface area contributed by atoms with Crippen molar-refractivity contribution in [3.05, 3.63) is 12.3 Å². The van der Waals surface area contributed by atoms with Crippen molar-refractivity contribution in [2.24, 2.45) is 0 Å². The van der Waals surface area contributed by atoms with Crippen LogP contribution in [0.2, 0.25) is 0 Å². The molecule has 1 heterocycles. The van der Waals surface area contributed by atoms with Crippen molar-refractivity contribution in [2.45, 2.75) is 20.0 Å². The number of nitrogens with zero attached hydrogens (tertiary/aromatic N) is 3. The molecule has 0 saturated carbocycles. The van der Waals surface area contributed by atoms with E-state index >= 15 is 0 Å². The molecule has 8 heteroatoms. The third-order valence-corrected chi connectivity index (χ3v) is 1.91. The molecule has 0 radical (unpaired) electrons. The third kappa shape index (κ3) is 5.19. The highest BCUT2D eigenvalue weighted by atomic mass is 16.5. The van der Waals surface area contributed by atoms with E-state index < -0.39 is 25.0 Å². The van der Waals surface area contributed by atoms with Crippen LogP contribution in [-0.2, 0) is 9.59 Å². The van der Waals surface area contributed by atoms with Crippen LogP contribution in [0.15, 0.2) is 12.3 Å². The fourth-order valence-corrected chi connectivity index (χ4v) is 1.32. The molecule has 0 saturated heterocycles. The fraction of sp³-hybridized carbons (Fsp3) is 0.455. The van der Waals surface area contributed by atoms with Crippen molar-refractivity contribution in [2.75, 3.05) is 18.0 Å². The molecule has 0 atom stereocenters. The van der Waals surface area contributed by atoms with E-state index in [1.165, 1.54) is 12.3 Å². The summed E-state index contributed by atoms with van der Waals surface area (Å²) in [5, 5.41) is 17.5. The Balaban J connectivity index is 2.94. The zero-order valence-corrected chi connectivity index (χ0v) is 10.6. The summed E-state index contributed by atoms with van der Waals surface area (Å²) in [6.07, 6.45) is 1.28. The highest BCUT2D eigenvalue weighted by Gasteiger charge is 2.17. The lowest BCUT2D eigenvalue weighted by molar-refractivity contribution is -0.136. The van der Waals surface area contributed by atoms with Crippen LogP contribution in [0.5, 0.6) is 5.88 Å². The fourth-order valence-electron chi connectivity index (χ4n) is 1.32. The van der Waals surface area contributed by atoms with Crippen molar-refractivity contribution in [1.29, 1.82) is 0 Å². The van der Waals surface area contributed by atoms with Crippen molar-refractivity contribution >= 4 is 17.9 Å². The number of carbonyl (C=O) groups is 2. The number of carboxylic acids is 2. The van der Waals surface area contributed by atoms with Crippen LogP contribution in [0.25, 0.3) is 0 Å². The minimum absolute atomic E-state index is 0.00273.